The molecule has 0 aliphatic rings. The Kier molecular flexibility index (Phi) is 4.99. The second-order valence-electron chi connectivity index (χ2n) is 2.59. The third-order valence-corrected chi connectivity index (χ3v) is 2.27. The van der Waals surface area contributed by atoms with Crippen molar-refractivity contribution in [3.8, 4) is 0 Å². The molecule has 1 rings (SSSR count). The summed E-state index contributed by atoms with van der Waals surface area (Å²) in [5.74, 6) is 0. The Morgan fingerprint density at radius 1 is 1.50 bits per heavy atom. The number of nitrogens with two attached hydrogens (primary N) is 1. The molecule has 3 heteroatoms. The maximum Gasteiger partial charge on any atom is 0.00745 e. The highest BCUT2D eigenvalue weighted by molar-refractivity contribution is 7.08. The van der Waals surface area contributed by atoms with Crippen molar-refractivity contribution in [2.24, 2.45) is 5.73 Å². The first-order valence-corrected chi connectivity index (χ1v) is 5.14. The summed E-state index contributed by atoms with van der Waals surface area (Å²) in [5, 5.41) is 7.50. The van der Waals surface area contributed by atoms with Gasteiger partial charge in [0.1, 0.15) is 0 Å². The van der Waals surface area contributed by atoms with Crippen LogP contribution in [-0.2, 0) is 0 Å². The van der Waals surface area contributed by atoms with Crippen molar-refractivity contribution in [2.75, 3.05) is 19.6 Å². The Hall–Kier alpha value is -0.380. The Morgan fingerprint density at radius 3 is 3.08 bits per heavy atom. The zero-order valence-corrected chi connectivity index (χ0v) is 7.94. The van der Waals surface area contributed by atoms with E-state index in [2.05, 4.69) is 28.6 Å². The summed E-state index contributed by atoms with van der Waals surface area (Å²) in [6, 6.07) is 2.13. The molecule has 0 aliphatic carbocycles. The predicted molar refractivity (Wildman–Crippen MR) is 54.3 cm³/mol. The minimum absolute atomic E-state index is 0.721. The summed E-state index contributed by atoms with van der Waals surface area (Å²) in [4.78, 5) is 0. The molecule has 0 amide bonds. The Morgan fingerprint density at radius 2 is 2.42 bits per heavy atom. The van der Waals surface area contributed by atoms with Crippen molar-refractivity contribution in [3.63, 3.8) is 0 Å². The van der Waals surface area contributed by atoms with Gasteiger partial charge < -0.3 is 11.1 Å². The Balaban J connectivity index is 1.96. The standard InChI is InChI=1S/C9H15N2S/c10-4-6-11-5-1-2-9-3-7-12-8-9/h2-3,7-8,11H,1,4-6,10H2. The lowest BCUT2D eigenvalue weighted by Gasteiger charge is -2.00. The molecule has 67 valence electrons. The average molecular weight is 183 g/mol. The molecule has 3 N–H and O–H groups in total. The molecule has 0 fully saturated rings. The van der Waals surface area contributed by atoms with Gasteiger partial charge in [-0.2, -0.15) is 11.3 Å². The Bertz CT molecular complexity index is 184. The topological polar surface area (TPSA) is 38.0 Å². The third-order valence-electron chi connectivity index (χ3n) is 1.57. The highest BCUT2D eigenvalue weighted by Gasteiger charge is 1.92. The molecule has 0 unspecified atom stereocenters. The molecule has 0 saturated carbocycles. The highest BCUT2D eigenvalue weighted by atomic mass is 32.1. The quantitative estimate of drug-likeness (QED) is 0.651. The number of hydrogen-bond donors (Lipinski definition) is 2. The van der Waals surface area contributed by atoms with Crippen LogP contribution in [0, 0.1) is 6.42 Å². The number of nitrogens with one attached hydrogen (secondary N) is 1. The molecule has 1 radical (unpaired) electrons. The number of rotatable bonds is 6. The summed E-state index contributed by atoms with van der Waals surface area (Å²) < 4.78 is 0. The minimum atomic E-state index is 0.721. The van der Waals surface area contributed by atoms with E-state index in [1.807, 2.05) is 0 Å². The average Bonchev–Trinajstić information content (AvgIpc) is 2.57. The van der Waals surface area contributed by atoms with Crippen LogP contribution in [0.1, 0.15) is 12.0 Å². The van der Waals surface area contributed by atoms with Crippen LogP contribution in [0.2, 0.25) is 0 Å². The number of hydrogen-bond acceptors (Lipinski definition) is 3. The van der Waals surface area contributed by atoms with E-state index >= 15 is 0 Å². The lowest BCUT2D eigenvalue weighted by molar-refractivity contribution is 0.687. The van der Waals surface area contributed by atoms with Gasteiger partial charge in [0.25, 0.3) is 0 Å². The van der Waals surface area contributed by atoms with E-state index in [1.54, 1.807) is 11.3 Å². The van der Waals surface area contributed by atoms with Crippen LogP contribution in [0.4, 0.5) is 0 Å². The van der Waals surface area contributed by atoms with Crippen molar-refractivity contribution in [2.45, 2.75) is 6.42 Å². The van der Waals surface area contributed by atoms with Gasteiger partial charge in [0.05, 0.1) is 0 Å². The summed E-state index contributed by atoms with van der Waals surface area (Å²) in [5.41, 5.74) is 6.66. The molecular weight excluding hydrogens is 168 g/mol. The van der Waals surface area contributed by atoms with E-state index in [-0.39, 0.29) is 0 Å². The van der Waals surface area contributed by atoms with Gasteiger partial charge in [0.2, 0.25) is 0 Å². The molecule has 0 aliphatic heterocycles. The van der Waals surface area contributed by atoms with Crippen molar-refractivity contribution in [1.29, 1.82) is 0 Å². The summed E-state index contributed by atoms with van der Waals surface area (Å²) in [6.07, 6.45) is 3.32. The summed E-state index contributed by atoms with van der Waals surface area (Å²) in [7, 11) is 0. The maximum absolute atomic E-state index is 5.33. The van der Waals surface area contributed by atoms with Crippen molar-refractivity contribution >= 4 is 11.3 Å². The van der Waals surface area contributed by atoms with Gasteiger partial charge in [-0.25, -0.2) is 0 Å². The third kappa shape index (κ3) is 3.85. The zero-order valence-electron chi connectivity index (χ0n) is 7.12. The molecule has 0 bridgehead atoms. The van der Waals surface area contributed by atoms with Crippen LogP contribution in [0.3, 0.4) is 0 Å². The van der Waals surface area contributed by atoms with Crippen LogP contribution in [-0.4, -0.2) is 19.6 Å². The molecule has 1 heterocycles. The molecule has 1 aromatic heterocycles. The van der Waals surface area contributed by atoms with Gasteiger partial charge in [-0.3, -0.25) is 0 Å². The van der Waals surface area contributed by atoms with Crippen molar-refractivity contribution in [3.05, 3.63) is 28.8 Å². The molecule has 0 spiro atoms. The van der Waals surface area contributed by atoms with Crippen LogP contribution in [0.15, 0.2) is 16.8 Å². The molecule has 2 nitrogen and oxygen atoms in total. The van der Waals surface area contributed by atoms with Crippen LogP contribution >= 0.6 is 11.3 Å². The summed E-state index contributed by atoms with van der Waals surface area (Å²) in [6.45, 7) is 2.66. The second kappa shape index (κ2) is 6.17. The second-order valence-corrected chi connectivity index (χ2v) is 3.37. The van der Waals surface area contributed by atoms with Gasteiger partial charge in [-0.05, 0) is 41.8 Å². The van der Waals surface area contributed by atoms with E-state index in [0.717, 1.165) is 26.1 Å². The number of thiophene rings is 1. The molecule has 0 saturated heterocycles. The SMILES string of the molecule is NCCNCC[CH]c1ccsc1. The summed E-state index contributed by atoms with van der Waals surface area (Å²) >= 11 is 1.74. The Labute approximate surface area is 77.8 Å². The van der Waals surface area contributed by atoms with Gasteiger partial charge in [-0.15, -0.1) is 0 Å². The maximum atomic E-state index is 5.33. The van der Waals surface area contributed by atoms with E-state index in [4.69, 9.17) is 5.73 Å². The largest absolute Gasteiger partial charge is 0.329 e. The van der Waals surface area contributed by atoms with Crippen molar-refractivity contribution < 1.29 is 0 Å². The van der Waals surface area contributed by atoms with E-state index in [0.29, 0.717) is 0 Å². The lowest BCUT2D eigenvalue weighted by atomic mass is 10.2. The molecule has 0 aromatic carbocycles. The zero-order chi connectivity index (χ0) is 8.65. The van der Waals surface area contributed by atoms with E-state index in [9.17, 15) is 0 Å². The normalized spacial score (nSPS) is 10.4. The van der Waals surface area contributed by atoms with Crippen LogP contribution < -0.4 is 11.1 Å². The minimum Gasteiger partial charge on any atom is -0.329 e. The van der Waals surface area contributed by atoms with Gasteiger partial charge >= 0.3 is 0 Å². The monoisotopic (exact) mass is 183 g/mol. The highest BCUT2D eigenvalue weighted by Crippen LogP contribution is 2.09. The lowest BCUT2D eigenvalue weighted by Crippen LogP contribution is -2.23. The fourth-order valence-corrected chi connectivity index (χ4v) is 1.61. The first kappa shape index (κ1) is 9.71. The first-order chi connectivity index (χ1) is 5.93. The molecule has 1 aromatic rings. The van der Waals surface area contributed by atoms with E-state index < -0.39 is 0 Å². The fraction of sp³-hybridized carbons (Fsp3) is 0.444. The first-order valence-electron chi connectivity index (χ1n) is 4.19. The predicted octanol–water partition coefficient (Wildman–Crippen LogP) is 1.24. The van der Waals surface area contributed by atoms with E-state index in [1.165, 1.54) is 5.56 Å². The molecule has 12 heavy (non-hydrogen) atoms. The molecular formula is C9H15N2S. The van der Waals surface area contributed by atoms with Gasteiger partial charge in [-0.1, -0.05) is 0 Å². The smallest absolute Gasteiger partial charge is 0.00745 e. The van der Waals surface area contributed by atoms with Crippen molar-refractivity contribution in [1.82, 2.24) is 5.32 Å². The fourth-order valence-electron chi connectivity index (χ4n) is 0.959. The van der Waals surface area contributed by atoms with Gasteiger partial charge in [0, 0.05) is 13.1 Å². The van der Waals surface area contributed by atoms with Crippen LogP contribution in [0.25, 0.3) is 0 Å². The molecule has 0 atom stereocenters. The van der Waals surface area contributed by atoms with Gasteiger partial charge in [0.15, 0.2) is 0 Å². The van der Waals surface area contributed by atoms with Crippen LogP contribution in [0.5, 0.6) is 0 Å².